The first kappa shape index (κ1) is 23.0. The lowest BCUT2D eigenvalue weighted by Gasteiger charge is -2.36. The van der Waals surface area contributed by atoms with Gasteiger partial charge in [-0.05, 0) is 60.7 Å². The van der Waals surface area contributed by atoms with Crippen LogP contribution in [0.2, 0.25) is 0 Å². The molecule has 5 rings (SSSR count). The topological polar surface area (TPSA) is 96.7 Å². The molecule has 1 fully saturated rings. The summed E-state index contributed by atoms with van der Waals surface area (Å²) in [7, 11) is 0. The number of benzene rings is 3. The van der Waals surface area contributed by atoms with E-state index in [0.717, 1.165) is 5.69 Å². The number of nitro groups is 1. The van der Waals surface area contributed by atoms with Gasteiger partial charge in [0.2, 0.25) is 11.6 Å². The average Bonchev–Trinajstić information content (AvgIpc) is 2.91. The van der Waals surface area contributed by atoms with E-state index in [2.05, 4.69) is 20.2 Å². The molecule has 36 heavy (non-hydrogen) atoms. The van der Waals surface area contributed by atoms with E-state index in [0.29, 0.717) is 43.4 Å². The molecule has 1 aliphatic heterocycles. The van der Waals surface area contributed by atoms with Crippen LogP contribution in [0.4, 0.5) is 33.1 Å². The fourth-order valence-electron chi connectivity index (χ4n) is 4.06. The molecule has 1 aliphatic rings. The fraction of sp³-hybridized carbons (Fsp3) is 0.154. The number of nitrogens with zero attached hydrogens (tertiary/aromatic N) is 5. The molecule has 0 unspecified atom stereocenters. The summed E-state index contributed by atoms with van der Waals surface area (Å²) in [5.74, 6) is 1.45. The summed E-state index contributed by atoms with van der Waals surface area (Å²) < 4.78 is 19.0. The van der Waals surface area contributed by atoms with Crippen LogP contribution in [0.5, 0.6) is 11.5 Å². The van der Waals surface area contributed by atoms with Crippen LogP contribution in [-0.2, 0) is 0 Å². The highest BCUT2D eigenvalue weighted by Gasteiger charge is 2.29. The van der Waals surface area contributed by atoms with E-state index < -0.39 is 4.92 Å². The number of anilines is 4. The van der Waals surface area contributed by atoms with Crippen LogP contribution in [0.1, 0.15) is 0 Å². The molecule has 10 heteroatoms. The Balaban J connectivity index is 1.30. The number of para-hydroxylation sites is 1. The Labute approximate surface area is 206 Å². The van der Waals surface area contributed by atoms with Gasteiger partial charge in [0, 0.05) is 37.6 Å². The SMILES string of the molecule is O=[N+]([O-])c1c(Nc2ccc(Oc3ccccc3)cc2)ncnc1N1CCN(c2ccc(F)cc2)CC1. The Morgan fingerprint density at radius 3 is 2.14 bits per heavy atom. The molecule has 0 spiro atoms. The summed E-state index contributed by atoms with van der Waals surface area (Å²) >= 11 is 0. The van der Waals surface area contributed by atoms with Gasteiger partial charge in [-0.2, -0.15) is 0 Å². The Hall–Kier alpha value is -4.73. The minimum absolute atomic E-state index is 0.114. The maximum Gasteiger partial charge on any atom is 0.353 e. The van der Waals surface area contributed by atoms with Gasteiger partial charge in [0.1, 0.15) is 23.6 Å². The first-order valence-electron chi connectivity index (χ1n) is 11.4. The zero-order valence-electron chi connectivity index (χ0n) is 19.3. The molecule has 0 radical (unpaired) electrons. The molecule has 0 atom stereocenters. The van der Waals surface area contributed by atoms with Crippen molar-refractivity contribution in [2.24, 2.45) is 0 Å². The molecule has 0 bridgehead atoms. The Bertz CT molecular complexity index is 1330. The Morgan fingerprint density at radius 1 is 0.833 bits per heavy atom. The summed E-state index contributed by atoms with van der Waals surface area (Å²) in [5, 5.41) is 15.1. The first-order chi connectivity index (χ1) is 17.6. The van der Waals surface area contributed by atoms with Gasteiger partial charge in [-0.15, -0.1) is 0 Å². The minimum atomic E-state index is -0.461. The molecule has 1 aromatic heterocycles. The van der Waals surface area contributed by atoms with Crippen LogP contribution in [0, 0.1) is 15.9 Å². The molecule has 4 aromatic rings. The lowest BCUT2D eigenvalue weighted by molar-refractivity contribution is -0.383. The third kappa shape index (κ3) is 5.17. The highest BCUT2D eigenvalue weighted by Crippen LogP contribution is 2.35. The van der Waals surface area contributed by atoms with Crippen molar-refractivity contribution in [3.8, 4) is 11.5 Å². The number of rotatable bonds is 7. The van der Waals surface area contributed by atoms with E-state index in [1.807, 2.05) is 35.2 Å². The highest BCUT2D eigenvalue weighted by molar-refractivity contribution is 5.75. The smallest absolute Gasteiger partial charge is 0.353 e. The third-order valence-corrected chi connectivity index (χ3v) is 5.85. The fourth-order valence-corrected chi connectivity index (χ4v) is 4.06. The molecule has 0 saturated carbocycles. The van der Waals surface area contributed by atoms with E-state index in [1.165, 1.54) is 18.5 Å². The van der Waals surface area contributed by atoms with Gasteiger partial charge in [0.15, 0.2) is 0 Å². The predicted molar refractivity (Wildman–Crippen MR) is 136 cm³/mol. The monoisotopic (exact) mass is 486 g/mol. The number of aromatic nitrogens is 2. The predicted octanol–water partition coefficient (Wildman–Crippen LogP) is 5.39. The second kappa shape index (κ2) is 10.3. The van der Waals surface area contributed by atoms with Crippen LogP contribution in [0.15, 0.2) is 85.2 Å². The van der Waals surface area contributed by atoms with Gasteiger partial charge >= 0.3 is 5.69 Å². The molecule has 0 aliphatic carbocycles. The third-order valence-electron chi connectivity index (χ3n) is 5.85. The van der Waals surface area contributed by atoms with Crippen molar-refractivity contribution in [3.05, 3.63) is 101 Å². The zero-order chi connectivity index (χ0) is 24.9. The first-order valence-corrected chi connectivity index (χ1v) is 11.4. The van der Waals surface area contributed by atoms with Crippen molar-refractivity contribution in [2.75, 3.05) is 41.3 Å². The van der Waals surface area contributed by atoms with E-state index in [1.54, 1.807) is 36.4 Å². The lowest BCUT2D eigenvalue weighted by atomic mass is 10.2. The molecule has 2 heterocycles. The minimum Gasteiger partial charge on any atom is -0.457 e. The largest absolute Gasteiger partial charge is 0.457 e. The van der Waals surface area contributed by atoms with Crippen molar-refractivity contribution in [2.45, 2.75) is 0 Å². The van der Waals surface area contributed by atoms with E-state index in [9.17, 15) is 14.5 Å². The highest BCUT2D eigenvalue weighted by atomic mass is 19.1. The van der Waals surface area contributed by atoms with Gasteiger partial charge in [0.05, 0.1) is 4.92 Å². The molecule has 3 aromatic carbocycles. The van der Waals surface area contributed by atoms with Crippen LogP contribution in [0.25, 0.3) is 0 Å². The Morgan fingerprint density at radius 2 is 1.47 bits per heavy atom. The van der Waals surface area contributed by atoms with Crippen molar-refractivity contribution in [1.29, 1.82) is 0 Å². The molecule has 182 valence electrons. The standard InChI is InChI=1S/C26H23FN6O3/c27-19-6-10-21(11-7-19)31-14-16-32(17-15-31)26-24(33(34)35)25(28-18-29-26)30-20-8-12-23(13-9-20)36-22-4-2-1-3-5-22/h1-13,18H,14-17H2,(H,28,29,30). The van der Waals surface area contributed by atoms with Gasteiger partial charge < -0.3 is 19.9 Å². The lowest BCUT2D eigenvalue weighted by Crippen LogP contribution is -2.47. The molecule has 9 nitrogen and oxygen atoms in total. The van der Waals surface area contributed by atoms with Crippen molar-refractivity contribution < 1.29 is 14.1 Å². The second-order valence-corrected chi connectivity index (χ2v) is 8.17. The summed E-state index contributed by atoms with van der Waals surface area (Å²) in [4.78, 5) is 24.0. The van der Waals surface area contributed by atoms with Crippen molar-refractivity contribution in [3.63, 3.8) is 0 Å². The number of piperazine rings is 1. The molecule has 1 N–H and O–H groups in total. The van der Waals surface area contributed by atoms with Gasteiger partial charge in [0.25, 0.3) is 0 Å². The molecular weight excluding hydrogens is 463 g/mol. The molecule has 0 amide bonds. The number of halogens is 1. The van der Waals surface area contributed by atoms with Gasteiger partial charge in [-0.1, -0.05) is 18.2 Å². The summed E-state index contributed by atoms with van der Waals surface area (Å²) in [6.45, 7) is 2.30. The van der Waals surface area contributed by atoms with E-state index >= 15 is 0 Å². The summed E-state index contributed by atoms with van der Waals surface area (Å²) in [5.41, 5.74) is 1.36. The number of hydrogen-bond donors (Lipinski definition) is 1. The van der Waals surface area contributed by atoms with Gasteiger partial charge in [-0.3, -0.25) is 10.1 Å². The van der Waals surface area contributed by atoms with Crippen LogP contribution >= 0.6 is 0 Å². The van der Waals surface area contributed by atoms with Crippen LogP contribution in [0.3, 0.4) is 0 Å². The Kier molecular flexibility index (Phi) is 6.57. The number of nitrogens with one attached hydrogen (secondary N) is 1. The zero-order valence-corrected chi connectivity index (χ0v) is 19.3. The normalized spacial score (nSPS) is 13.4. The van der Waals surface area contributed by atoms with E-state index in [-0.39, 0.29) is 23.1 Å². The summed E-state index contributed by atoms with van der Waals surface area (Å²) in [6.07, 6.45) is 1.32. The number of hydrogen-bond acceptors (Lipinski definition) is 8. The van der Waals surface area contributed by atoms with Crippen LogP contribution in [-0.4, -0.2) is 41.1 Å². The molecular formula is C26H23FN6O3. The summed E-state index contributed by atoms with van der Waals surface area (Å²) in [6, 6.07) is 22.8. The quantitative estimate of drug-likeness (QED) is 0.275. The maximum atomic E-state index is 13.2. The van der Waals surface area contributed by atoms with Crippen molar-refractivity contribution >= 4 is 28.7 Å². The maximum absolute atomic E-state index is 13.2. The van der Waals surface area contributed by atoms with Crippen LogP contribution < -0.4 is 19.9 Å². The molecule has 1 saturated heterocycles. The van der Waals surface area contributed by atoms with E-state index in [4.69, 9.17) is 4.74 Å². The average molecular weight is 487 g/mol. The number of ether oxygens (including phenoxy) is 1. The second-order valence-electron chi connectivity index (χ2n) is 8.17. The van der Waals surface area contributed by atoms with Crippen molar-refractivity contribution in [1.82, 2.24) is 9.97 Å². The van der Waals surface area contributed by atoms with Gasteiger partial charge in [-0.25, -0.2) is 14.4 Å².